The van der Waals surface area contributed by atoms with Gasteiger partial charge in [0.05, 0.1) is 11.3 Å². The van der Waals surface area contributed by atoms with Crippen LogP contribution in [0.4, 0.5) is 5.69 Å². The number of anilines is 1. The number of pyridine rings is 1. The molecule has 212 valence electrons. The summed E-state index contributed by atoms with van der Waals surface area (Å²) in [4.78, 5) is 24.7. The molecule has 2 aromatic heterocycles. The number of hydrogen-bond acceptors (Lipinski definition) is 6. The lowest BCUT2D eigenvalue weighted by atomic mass is 9.84. The van der Waals surface area contributed by atoms with Gasteiger partial charge in [-0.25, -0.2) is 9.50 Å². The standard InChI is InChI=1S/C32H35ClN6O2/c1-36-16-12-24-20-38(21-28(24)36)31(40)23-6-4-22(5-7-23)19-29-34-30-27(3-2-15-39(30)35-29)37-17-13-32(41,14-18-37)25-8-10-26(33)11-9-25/h2-11,15,24,28,41H,12-14,16-21H2,1H3/t24-,28+/m0/s1. The zero-order valence-corrected chi connectivity index (χ0v) is 24.0. The van der Waals surface area contributed by atoms with Crippen LogP contribution in [0.1, 0.15) is 46.6 Å². The van der Waals surface area contributed by atoms with E-state index in [0.717, 1.165) is 53.5 Å². The number of likely N-dealkylation sites (tertiary alicyclic amines) is 2. The van der Waals surface area contributed by atoms with Gasteiger partial charge in [0.25, 0.3) is 5.91 Å². The van der Waals surface area contributed by atoms with E-state index < -0.39 is 5.60 Å². The Bertz CT molecular complexity index is 1560. The predicted octanol–water partition coefficient (Wildman–Crippen LogP) is 4.24. The fourth-order valence-electron chi connectivity index (χ4n) is 6.89. The summed E-state index contributed by atoms with van der Waals surface area (Å²) in [5.74, 6) is 1.47. The molecule has 9 heteroatoms. The van der Waals surface area contributed by atoms with Crippen LogP contribution in [0.3, 0.4) is 0 Å². The number of carbonyl (C=O) groups excluding carboxylic acids is 1. The third kappa shape index (κ3) is 4.98. The highest BCUT2D eigenvalue weighted by molar-refractivity contribution is 6.30. The van der Waals surface area contributed by atoms with Gasteiger partial charge in [-0.15, -0.1) is 0 Å². The fourth-order valence-corrected chi connectivity index (χ4v) is 7.02. The summed E-state index contributed by atoms with van der Waals surface area (Å²) in [7, 11) is 2.17. The van der Waals surface area contributed by atoms with Gasteiger partial charge in [-0.2, -0.15) is 5.10 Å². The first-order valence-corrected chi connectivity index (χ1v) is 14.9. The molecule has 8 nitrogen and oxygen atoms in total. The number of aliphatic hydroxyl groups is 1. The van der Waals surface area contributed by atoms with Crippen molar-refractivity contribution in [3.8, 4) is 0 Å². The molecule has 0 aliphatic carbocycles. The second-order valence-electron chi connectivity index (χ2n) is 11.9. The van der Waals surface area contributed by atoms with Gasteiger partial charge < -0.3 is 19.8 Å². The smallest absolute Gasteiger partial charge is 0.253 e. The Kier molecular flexibility index (Phi) is 6.72. The Hall–Kier alpha value is -3.46. The van der Waals surface area contributed by atoms with E-state index in [1.165, 1.54) is 6.42 Å². The van der Waals surface area contributed by atoms with E-state index in [-0.39, 0.29) is 5.91 Å². The first-order chi connectivity index (χ1) is 19.9. The van der Waals surface area contributed by atoms with Crippen LogP contribution < -0.4 is 4.90 Å². The predicted molar refractivity (Wildman–Crippen MR) is 159 cm³/mol. The Morgan fingerprint density at radius 3 is 2.51 bits per heavy atom. The first-order valence-electron chi connectivity index (χ1n) is 14.5. The molecule has 7 rings (SSSR count). The summed E-state index contributed by atoms with van der Waals surface area (Å²) in [5, 5.41) is 16.7. The lowest BCUT2D eigenvalue weighted by Crippen LogP contribution is -2.42. The van der Waals surface area contributed by atoms with Crippen LogP contribution in [0.25, 0.3) is 5.65 Å². The number of fused-ring (bicyclic) bond motifs is 2. The highest BCUT2D eigenvalue weighted by Crippen LogP contribution is 2.36. The fraction of sp³-hybridized carbons (Fsp3) is 0.406. The summed E-state index contributed by atoms with van der Waals surface area (Å²) >= 11 is 6.05. The Labute approximate surface area is 245 Å². The topological polar surface area (TPSA) is 77.2 Å². The monoisotopic (exact) mass is 570 g/mol. The number of nitrogens with zero attached hydrogens (tertiary/aromatic N) is 6. The zero-order chi connectivity index (χ0) is 28.1. The number of hydrogen-bond donors (Lipinski definition) is 1. The number of amides is 1. The molecule has 3 fully saturated rings. The normalized spacial score (nSPS) is 22.4. The SMILES string of the molecule is CN1CC[C@H]2CN(C(=O)c3ccc(Cc4nc5c(N6CCC(O)(c7ccc(Cl)cc7)CC6)cccn5n4)cc3)C[C@H]21. The number of piperidine rings is 1. The molecule has 0 saturated carbocycles. The molecular weight excluding hydrogens is 536 g/mol. The molecule has 4 aromatic rings. The summed E-state index contributed by atoms with van der Waals surface area (Å²) in [6, 6.07) is 20.0. The van der Waals surface area contributed by atoms with Gasteiger partial charge in [0.2, 0.25) is 0 Å². The third-order valence-electron chi connectivity index (χ3n) is 9.37. The second kappa shape index (κ2) is 10.4. The number of halogens is 1. The summed E-state index contributed by atoms with van der Waals surface area (Å²) in [5.41, 5.74) is 3.70. The minimum absolute atomic E-state index is 0.124. The first kappa shape index (κ1) is 26.4. The molecule has 41 heavy (non-hydrogen) atoms. The molecule has 0 bridgehead atoms. The lowest BCUT2D eigenvalue weighted by molar-refractivity contribution is 0.0118. The van der Waals surface area contributed by atoms with Crippen molar-refractivity contribution < 1.29 is 9.90 Å². The van der Waals surface area contributed by atoms with Crippen molar-refractivity contribution in [2.75, 3.05) is 44.7 Å². The Morgan fingerprint density at radius 1 is 1.02 bits per heavy atom. The molecule has 3 aliphatic rings. The van der Waals surface area contributed by atoms with Crippen LogP contribution in [0.2, 0.25) is 5.02 Å². The average molecular weight is 571 g/mol. The van der Waals surface area contributed by atoms with E-state index in [1.54, 1.807) is 0 Å². The highest BCUT2D eigenvalue weighted by atomic mass is 35.5. The molecule has 1 amide bonds. The summed E-state index contributed by atoms with van der Waals surface area (Å²) in [6.07, 6.45) is 4.94. The Balaban J connectivity index is 1.02. The maximum Gasteiger partial charge on any atom is 0.253 e. The quantitative estimate of drug-likeness (QED) is 0.387. The van der Waals surface area contributed by atoms with Gasteiger partial charge in [0, 0.05) is 55.4 Å². The lowest BCUT2D eigenvalue weighted by Gasteiger charge is -2.39. The van der Waals surface area contributed by atoms with Crippen LogP contribution >= 0.6 is 11.6 Å². The molecule has 2 aromatic carbocycles. The summed E-state index contributed by atoms with van der Waals surface area (Å²) < 4.78 is 1.84. The largest absolute Gasteiger partial charge is 0.385 e. The van der Waals surface area contributed by atoms with Crippen molar-refractivity contribution in [2.24, 2.45) is 5.92 Å². The Morgan fingerprint density at radius 2 is 1.78 bits per heavy atom. The van der Waals surface area contributed by atoms with Crippen LogP contribution in [-0.2, 0) is 12.0 Å². The number of rotatable bonds is 5. The molecule has 5 heterocycles. The van der Waals surface area contributed by atoms with Gasteiger partial charge in [-0.05, 0) is 86.3 Å². The average Bonchev–Trinajstić information content (AvgIpc) is 3.69. The van der Waals surface area contributed by atoms with E-state index in [9.17, 15) is 9.90 Å². The molecule has 2 atom stereocenters. The van der Waals surface area contributed by atoms with E-state index in [2.05, 4.69) is 22.9 Å². The number of aromatic nitrogens is 3. The highest BCUT2D eigenvalue weighted by Gasteiger charge is 2.41. The minimum atomic E-state index is -0.859. The van der Waals surface area contributed by atoms with Gasteiger partial charge >= 0.3 is 0 Å². The third-order valence-corrected chi connectivity index (χ3v) is 9.63. The second-order valence-corrected chi connectivity index (χ2v) is 12.3. The van der Waals surface area contributed by atoms with Crippen LogP contribution in [0.15, 0.2) is 66.9 Å². The van der Waals surface area contributed by atoms with Crippen molar-refractivity contribution in [3.63, 3.8) is 0 Å². The molecule has 1 N–H and O–H groups in total. The summed E-state index contributed by atoms with van der Waals surface area (Å²) in [6.45, 7) is 4.25. The van der Waals surface area contributed by atoms with Crippen LogP contribution in [0.5, 0.6) is 0 Å². The van der Waals surface area contributed by atoms with E-state index >= 15 is 0 Å². The molecule has 0 radical (unpaired) electrons. The molecule has 3 aliphatic heterocycles. The number of carbonyl (C=O) groups is 1. The molecule has 3 saturated heterocycles. The zero-order valence-electron chi connectivity index (χ0n) is 23.3. The van der Waals surface area contributed by atoms with Gasteiger partial charge in [-0.1, -0.05) is 35.9 Å². The van der Waals surface area contributed by atoms with E-state index in [0.29, 0.717) is 49.3 Å². The van der Waals surface area contributed by atoms with Crippen LogP contribution in [0, 0.1) is 5.92 Å². The van der Waals surface area contributed by atoms with Crippen LogP contribution in [-0.4, -0.2) is 81.2 Å². The van der Waals surface area contributed by atoms with Gasteiger partial charge in [-0.3, -0.25) is 4.79 Å². The van der Waals surface area contributed by atoms with Crippen molar-refractivity contribution >= 4 is 28.8 Å². The van der Waals surface area contributed by atoms with Crippen molar-refractivity contribution in [3.05, 3.63) is 94.4 Å². The van der Waals surface area contributed by atoms with Crippen molar-refractivity contribution in [1.29, 1.82) is 0 Å². The molecule has 0 spiro atoms. The minimum Gasteiger partial charge on any atom is -0.385 e. The van der Waals surface area contributed by atoms with E-state index in [4.69, 9.17) is 21.7 Å². The number of likely N-dealkylation sites (N-methyl/N-ethyl adjacent to an activating group) is 1. The maximum absolute atomic E-state index is 13.1. The maximum atomic E-state index is 13.1. The number of benzene rings is 2. The van der Waals surface area contributed by atoms with Gasteiger partial charge in [0.1, 0.15) is 0 Å². The van der Waals surface area contributed by atoms with Gasteiger partial charge in [0.15, 0.2) is 11.5 Å². The molecular formula is C32H35ClN6O2. The van der Waals surface area contributed by atoms with Crippen molar-refractivity contribution in [2.45, 2.75) is 37.3 Å². The van der Waals surface area contributed by atoms with Crippen molar-refractivity contribution in [1.82, 2.24) is 24.4 Å². The van der Waals surface area contributed by atoms with E-state index in [1.807, 2.05) is 70.2 Å². The molecule has 0 unspecified atom stereocenters.